The van der Waals surface area contributed by atoms with E-state index in [4.69, 9.17) is 16.7 Å². The first kappa shape index (κ1) is 17.7. The van der Waals surface area contributed by atoms with Gasteiger partial charge in [-0.1, -0.05) is 37.6 Å². The van der Waals surface area contributed by atoms with Crippen LogP contribution in [-0.4, -0.2) is 36.9 Å². The van der Waals surface area contributed by atoms with Gasteiger partial charge in [-0.05, 0) is 29.7 Å². The smallest absolute Gasteiger partial charge is 0.318 e. The highest BCUT2D eigenvalue weighted by atomic mass is 35.5. The predicted molar refractivity (Wildman–Crippen MR) is 83.5 cm³/mol. The number of carboxylic acids is 1. The topological polar surface area (TPSA) is 74.7 Å². The van der Waals surface area contributed by atoms with Crippen LogP contribution in [0.15, 0.2) is 29.7 Å². The van der Waals surface area contributed by atoms with Gasteiger partial charge < -0.3 is 5.11 Å². The fraction of sp³-hybridized carbons (Fsp3) is 0.357. The molecule has 0 unspecified atom stereocenters. The largest absolute Gasteiger partial charge is 0.480 e. The van der Waals surface area contributed by atoms with Crippen molar-refractivity contribution >= 4 is 33.7 Å². The number of hydrogen-bond acceptors (Lipinski definition) is 3. The maximum Gasteiger partial charge on any atom is 0.318 e. The molecule has 0 bridgehead atoms. The van der Waals surface area contributed by atoms with Gasteiger partial charge in [-0.3, -0.25) is 4.79 Å². The van der Waals surface area contributed by atoms with Crippen molar-refractivity contribution in [3.8, 4) is 0 Å². The Bertz CT molecular complexity index is 608. The van der Waals surface area contributed by atoms with Crippen molar-refractivity contribution in [2.45, 2.75) is 13.8 Å². The highest BCUT2D eigenvalue weighted by Crippen LogP contribution is 2.13. The van der Waals surface area contributed by atoms with Crippen LogP contribution in [0, 0.1) is 5.92 Å². The number of carboxylic acid groups (broad SMARTS) is 1. The Balaban J connectivity index is 2.94. The van der Waals surface area contributed by atoms with E-state index < -0.39 is 22.5 Å². The number of halogens is 1. The van der Waals surface area contributed by atoms with Crippen molar-refractivity contribution in [2.24, 2.45) is 5.92 Å². The van der Waals surface area contributed by atoms with E-state index in [2.05, 4.69) is 0 Å². The zero-order chi connectivity index (χ0) is 16.0. The number of sulfonamides is 1. The monoisotopic (exact) mass is 331 g/mol. The van der Waals surface area contributed by atoms with Crippen LogP contribution in [0.4, 0.5) is 0 Å². The van der Waals surface area contributed by atoms with Crippen LogP contribution in [0.2, 0.25) is 5.02 Å². The molecule has 0 fully saturated rings. The molecule has 0 heterocycles. The van der Waals surface area contributed by atoms with E-state index in [0.717, 1.165) is 9.71 Å². The molecule has 116 valence electrons. The van der Waals surface area contributed by atoms with E-state index in [1.54, 1.807) is 24.3 Å². The molecule has 5 nitrogen and oxygen atoms in total. The maximum atomic E-state index is 12.2. The van der Waals surface area contributed by atoms with Crippen LogP contribution in [0.25, 0.3) is 6.08 Å². The highest BCUT2D eigenvalue weighted by molar-refractivity contribution is 7.92. The van der Waals surface area contributed by atoms with E-state index in [9.17, 15) is 13.2 Å². The first-order chi connectivity index (χ1) is 9.70. The Hall–Kier alpha value is -1.37. The fourth-order valence-electron chi connectivity index (χ4n) is 1.64. The molecule has 0 saturated heterocycles. The van der Waals surface area contributed by atoms with Gasteiger partial charge in [0, 0.05) is 17.0 Å². The summed E-state index contributed by atoms with van der Waals surface area (Å²) in [7, 11) is -3.78. The number of benzene rings is 1. The number of nitrogens with zero attached hydrogens (tertiary/aromatic N) is 1. The Morgan fingerprint density at radius 2 is 1.90 bits per heavy atom. The molecule has 1 aromatic carbocycles. The quantitative estimate of drug-likeness (QED) is 0.833. The summed E-state index contributed by atoms with van der Waals surface area (Å²) < 4.78 is 25.3. The third kappa shape index (κ3) is 6.29. The van der Waals surface area contributed by atoms with Gasteiger partial charge in [-0.25, -0.2) is 8.42 Å². The lowest BCUT2D eigenvalue weighted by atomic mass is 10.2. The molecule has 1 aromatic rings. The van der Waals surface area contributed by atoms with Gasteiger partial charge in [0.1, 0.15) is 6.54 Å². The van der Waals surface area contributed by atoms with Crippen LogP contribution >= 0.6 is 11.6 Å². The molecule has 0 atom stereocenters. The lowest BCUT2D eigenvalue weighted by molar-refractivity contribution is -0.137. The summed E-state index contributed by atoms with van der Waals surface area (Å²) in [5.74, 6) is -1.15. The normalized spacial score (nSPS) is 12.4. The Labute approximate surface area is 129 Å². The predicted octanol–water partition coefficient (Wildman–Crippen LogP) is 2.68. The standard InChI is InChI=1S/C14H18ClNO4S/c1-11(2)9-16(10-14(17)18)21(19,20)8-7-12-3-5-13(15)6-4-12/h3-8,11H,9-10H2,1-2H3,(H,17,18). The third-order valence-electron chi connectivity index (χ3n) is 2.54. The maximum absolute atomic E-state index is 12.2. The molecule has 0 spiro atoms. The molecule has 21 heavy (non-hydrogen) atoms. The molecule has 0 aliphatic carbocycles. The molecule has 1 N–H and O–H groups in total. The van der Waals surface area contributed by atoms with Crippen LogP contribution in [0.1, 0.15) is 19.4 Å². The SMILES string of the molecule is CC(C)CN(CC(=O)O)S(=O)(=O)C=Cc1ccc(Cl)cc1. The number of rotatable bonds is 7. The molecule has 7 heteroatoms. The Morgan fingerprint density at radius 3 is 2.38 bits per heavy atom. The fourth-order valence-corrected chi connectivity index (χ4v) is 3.06. The van der Waals surface area contributed by atoms with Gasteiger partial charge in [-0.15, -0.1) is 0 Å². The Kier molecular flexibility index (Phi) is 6.39. The van der Waals surface area contributed by atoms with Gasteiger partial charge >= 0.3 is 5.97 Å². The van der Waals surface area contributed by atoms with Crippen molar-refractivity contribution in [1.29, 1.82) is 0 Å². The minimum Gasteiger partial charge on any atom is -0.480 e. The summed E-state index contributed by atoms with van der Waals surface area (Å²) in [5, 5.41) is 10.4. The van der Waals surface area contributed by atoms with Crippen LogP contribution < -0.4 is 0 Å². The molecule has 0 aliphatic rings. The molecular weight excluding hydrogens is 314 g/mol. The van der Waals surface area contributed by atoms with E-state index >= 15 is 0 Å². The summed E-state index contributed by atoms with van der Waals surface area (Å²) in [6, 6.07) is 6.66. The van der Waals surface area contributed by atoms with Crippen molar-refractivity contribution in [2.75, 3.05) is 13.1 Å². The first-order valence-corrected chi connectivity index (χ1v) is 8.24. The summed E-state index contributed by atoms with van der Waals surface area (Å²) >= 11 is 5.75. The van der Waals surface area contributed by atoms with Crippen molar-refractivity contribution in [3.05, 3.63) is 40.3 Å². The average molecular weight is 332 g/mol. The highest BCUT2D eigenvalue weighted by Gasteiger charge is 2.22. The summed E-state index contributed by atoms with van der Waals surface area (Å²) in [5.41, 5.74) is 0.669. The minimum atomic E-state index is -3.78. The second-order valence-electron chi connectivity index (χ2n) is 4.98. The number of aliphatic carboxylic acids is 1. The molecule has 0 radical (unpaired) electrons. The summed E-state index contributed by atoms with van der Waals surface area (Å²) in [6.07, 6.45) is 1.42. The minimum absolute atomic E-state index is 0.0306. The third-order valence-corrected chi connectivity index (χ3v) is 4.27. The summed E-state index contributed by atoms with van der Waals surface area (Å²) in [4.78, 5) is 10.8. The zero-order valence-electron chi connectivity index (χ0n) is 11.9. The molecule has 1 rings (SSSR count). The van der Waals surface area contributed by atoms with E-state index in [-0.39, 0.29) is 12.5 Å². The average Bonchev–Trinajstić information content (AvgIpc) is 2.36. The van der Waals surface area contributed by atoms with Crippen molar-refractivity contribution in [1.82, 2.24) is 4.31 Å². The molecule has 0 aliphatic heterocycles. The van der Waals surface area contributed by atoms with E-state index in [1.165, 1.54) is 6.08 Å². The van der Waals surface area contributed by atoms with Crippen LogP contribution in [0.3, 0.4) is 0 Å². The zero-order valence-corrected chi connectivity index (χ0v) is 13.4. The van der Waals surface area contributed by atoms with E-state index in [1.807, 2.05) is 13.8 Å². The lowest BCUT2D eigenvalue weighted by Gasteiger charge is -2.20. The number of hydrogen-bond donors (Lipinski definition) is 1. The van der Waals surface area contributed by atoms with Crippen LogP contribution in [0.5, 0.6) is 0 Å². The molecule has 0 saturated carbocycles. The van der Waals surface area contributed by atoms with Gasteiger partial charge in [0.15, 0.2) is 0 Å². The first-order valence-electron chi connectivity index (χ1n) is 6.36. The van der Waals surface area contributed by atoms with Gasteiger partial charge in [0.2, 0.25) is 10.0 Å². The lowest BCUT2D eigenvalue weighted by Crippen LogP contribution is -2.37. The Morgan fingerprint density at radius 1 is 1.33 bits per heavy atom. The van der Waals surface area contributed by atoms with Crippen LogP contribution in [-0.2, 0) is 14.8 Å². The second kappa shape index (κ2) is 7.59. The van der Waals surface area contributed by atoms with Gasteiger partial charge in [0.05, 0.1) is 0 Å². The van der Waals surface area contributed by atoms with Gasteiger partial charge in [-0.2, -0.15) is 4.31 Å². The molecular formula is C14H18ClNO4S. The molecule has 0 aromatic heterocycles. The van der Waals surface area contributed by atoms with Crippen molar-refractivity contribution < 1.29 is 18.3 Å². The van der Waals surface area contributed by atoms with E-state index in [0.29, 0.717) is 10.6 Å². The molecule has 0 amide bonds. The van der Waals surface area contributed by atoms with Crippen molar-refractivity contribution in [3.63, 3.8) is 0 Å². The second-order valence-corrected chi connectivity index (χ2v) is 7.23. The number of carbonyl (C=O) groups is 1. The summed E-state index contributed by atoms with van der Waals surface area (Å²) in [6.45, 7) is 3.26. The van der Waals surface area contributed by atoms with Gasteiger partial charge in [0.25, 0.3) is 0 Å².